The van der Waals surface area contributed by atoms with Crippen LogP contribution in [0.3, 0.4) is 0 Å². The van der Waals surface area contributed by atoms with Crippen LogP contribution in [-0.2, 0) is 0 Å². The molecule has 1 aliphatic heterocycles. The summed E-state index contributed by atoms with van der Waals surface area (Å²) in [6.07, 6.45) is 3.85. The number of thiocarbonyl (C=S) groups is 1. The molecule has 0 bridgehead atoms. The van der Waals surface area contributed by atoms with Gasteiger partial charge in [-0.3, -0.25) is 4.98 Å². The van der Waals surface area contributed by atoms with Gasteiger partial charge in [0, 0.05) is 29.5 Å². The predicted molar refractivity (Wildman–Crippen MR) is 133 cm³/mol. The van der Waals surface area contributed by atoms with Crippen molar-refractivity contribution in [3.8, 4) is 17.2 Å². The van der Waals surface area contributed by atoms with E-state index in [0.717, 1.165) is 28.5 Å². The molecular weight excluding hydrogens is 432 g/mol. The van der Waals surface area contributed by atoms with E-state index in [9.17, 15) is 5.11 Å². The monoisotopic (exact) mass is 456 g/mol. The van der Waals surface area contributed by atoms with E-state index in [1.165, 1.54) is 0 Å². The van der Waals surface area contributed by atoms with Gasteiger partial charge in [-0.2, -0.15) is 0 Å². The van der Waals surface area contributed by atoms with Crippen LogP contribution in [0.1, 0.15) is 30.4 Å². The van der Waals surface area contributed by atoms with Crippen molar-refractivity contribution >= 4 is 23.0 Å². The van der Waals surface area contributed by atoms with Crippen LogP contribution in [0.5, 0.6) is 11.5 Å². The van der Waals surface area contributed by atoms with E-state index in [2.05, 4.69) is 44.2 Å². The minimum Gasteiger partial charge on any atom is -0.508 e. The summed E-state index contributed by atoms with van der Waals surface area (Å²) in [4.78, 5) is 6.71. The lowest BCUT2D eigenvalue weighted by Gasteiger charge is -2.29. The van der Waals surface area contributed by atoms with E-state index in [1.54, 1.807) is 18.3 Å². The molecule has 0 spiro atoms. The van der Waals surface area contributed by atoms with Gasteiger partial charge in [0.1, 0.15) is 17.5 Å². The van der Waals surface area contributed by atoms with Gasteiger partial charge < -0.3 is 24.6 Å². The molecule has 2 N–H and O–H groups in total. The fraction of sp³-hybridized carbons (Fsp3) is 0.154. The molecule has 1 aliphatic rings. The first kappa shape index (κ1) is 21.0. The number of aromatic nitrogens is 2. The maximum Gasteiger partial charge on any atom is 0.174 e. The first-order valence-corrected chi connectivity index (χ1v) is 11.3. The Morgan fingerprint density at radius 1 is 0.970 bits per heavy atom. The van der Waals surface area contributed by atoms with Crippen molar-refractivity contribution in [3.05, 3.63) is 103 Å². The summed E-state index contributed by atoms with van der Waals surface area (Å²) in [6.45, 7) is 2.61. The van der Waals surface area contributed by atoms with Gasteiger partial charge in [0.15, 0.2) is 5.11 Å². The third-order valence-electron chi connectivity index (χ3n) is 5.74. The Bertz CT molecular complexity index is 1240. The van der Waals surface area contributed by atoms with E-state index >= 15 is 0 Å². The Morgan fingerprint density at radius 3 is 2.42 bits per heavy atom. The van der Waals surface area contributed by atoms with Gasteiger partial charge in [-0.25, -0.2) is 0 Å². The summed E-state index contributed by atoms with van der Waals surface area (Å²) in [7, 11) is 0. The SMILES string of the molecule is CCOc1ccc(-n2cccc2[C@H]2[C@H](c3ccccn3)NC(=S)N2c2ccc(O)cc2)cc1. The van der Waals surface area contributed by atoms with Gasteiger partial charge in [0.05, 0.1) is 18.3 Å². The second-order valence-corrected chi connectivity index (χ2v) is 8.13. The molecule has 0 aliphatic carbocycles. The first-order chi connectivity index (χ1) is 16.2. The van der Waals surface area contributed by atoms with Gasteiger partial charge in [0.25, 0.3) is 0 Å². The molecule has 0 unspecified atom stereocenters. The molecular formula is C26H24N4O2S. The molecule has 33 heavy (non-hydrogen) atoms. The van der Waals surface area contributed by atoms with Crippen LogP contribution in [-0.4, -0.2) is 26.4 Å². The molecule has 2 aromatic heterocycles. The average Bonchev–Trinajstić information content (AvgIpc) is 3.45. The molecule has 0 saturated carbocycles. The van der Waals surface area contributed by atoms with Gasteiger partial charge in [-0.15, -0.1) is 0 Å². The zero-order valence-electron chi connectivity index (χ0n) is 18.1. The van der Waals surface area contributed by atoms with Crippen molar-refractivity contribution in [2.75, 3.05) is 11.5 Å². The number of phenolic OH excluding ortho intramolecular Hbond substituents is 1. The third-order valence-corrected chi connectivity index (χ3v) is 6.05. The molecule has 3 heterocycles. The lowest BCUT2D eigenvalue weighted by molar-refractivity contribution is 0.340. The quantitative estimate of drug-likeness (QED) is 0.391. The molecule has 1 saturated heterocycles. The molecule has 2 atom stereocenters. The fourth-order valence-electron chi connectivity index (χ4n) is 4.29. The van der Waals surface area contributed by atoms with Crippen LogP contribution in [0.2, 0.25) is 0 Å². The highest BCUT2D eigenvalue weighted by Crippen LogP contribution is 2.42. The number of anilines is 1. The largest absolute Gasteiger partial charge is 0.508 e. The Labute approximate surface area is 198 Å². The van der Waals surface area contributed by atoms with Crippen LogP contribution < -0.4 is 15.0 Å². The van der Waals surface area contributed by atoms with E-state index in [0.29, 0.717) is 11.7 Å². The summed E-state index contributed by atoms with van der Waals surface area (Å²) in [5.41, 5.74) is 3.90. The molecule has 4 aromatic rings. The minimum atomic E-state index is -0.154. The van der Waals surface area contributed by atoms with Gasteiger partial charge >= 0.3 is 0 Å². The molecule has 7 heteroatoms. The standard InChI is InChI=1S/C26H24N4O2S/c1-2-32-21-14-10-18(11-15-21)29-17-5-7-23(29)25-24(22-6-3-4-16-27-22)28-26(33)30(25)19-8-12-20(31)13-9-19/h3-17,24-25,31H,2H2,1H3,(H,28,33)/t24-,25-/m0/s1. The predicted octanol–water partition coefficient (Wildman–Crippen LogP) is 5.15. The van der Waals surface area contributed by atoms with Crippen LogP contribution in [0.4, 0.5) is 5.69 Å². The number of phenols is 1. The minimum absolute atomic E-state index is 0.149. The molecule has 2 aromatic carbocycles. The summed E-state index contributed by atoms with van der Waals surface area (Å²) >= 11 is 5.79. The van der Waals surface area contributed by atoms with E-state index in [1.807, 2.05) is 55.5 Å². The van der Waals surface area contributed by atoms with Crippen molar-refractivity contribution < 1.29 is 9.84 Å². The highest BCUT2D eigenvalue weighted by atomic mass is 32.1. The smallest absolute Gasteiger partial charge is 0.174 e. The number of aromatic hydroxyl groups is 1. The maximum atomic E-state index is 9.81. The van der Waals surface area contributed by atoms with E-state index in [-0.39, 0.29) is 17.8 Å². The Hall–Kier alpha value is -3.84. The Balaban J connectivity index is 1.61. The van der Waals surface area contributed by atoms with Crippen molar-refractivity contribution in [3.63, 3.8) is 0 Å². The number of rotatable bonds is 6. The van der Waals surface area contributed by atoms with E-state index < -0.39 is 0 Å². The number of hydrogen-bond acceptors (Lipinski definition) is 4. The normalized spacial score (nSPS) is 17.7. The Morgan fingerprint density at radius 2 is 1.73 bits per heavy atom. The topological polar surface area (TPSA) is 62.5 Å². The third kappa shape index (κ3) is 4.03. The first-order valence-electron chi connectivity index (χ1n) is 10.9. The number of nitrogens with zero attached hydrogens (tertiary/aromatic N) is 3. The van der Waals surface area contributed by atoms with Gasteiger partial charge in [-0.1, -0.05) is 6.07 Å². The van der Waals surface area contributed by atoms with Crippen molar-refractivity contribution in [1.82, 2.24) is 14.9 Å². The summed E-state index contributed by atoms with van der Waals surface area (Å²) in [5.74, 6) is 1.06. The second kappa shape index (κ2) is 8.96. The molecule has 0 radical (unpaired) electrons. The number of pyridine rings is 1. The average molecular weight is 457 g/mol. The van der Waals surface area contributed by atoms with Gasteiger partial charge in [-0.05, 0) is 91.9 Å². The second-order valence-electron chi connectivity index (χ2n) is 7.74. The fourth-order valence-corrected chi connectivity index (χ4v) is 4.63. The highest BCUT2D eigenvalue weighted by Gasteiger charge is 2.42. The lowest BCUT2D eigenvalue weighted by atomic mass is 10.0. The molecule has 5 rings (SSSR count). The van der Waals surface area contributed by atoms with Crippen LogP contribution in [0.25, 0.3) is 5.69 Å². The summed E-state index contributed by atoms with van der Waals surface area (Å²) in [5, 5.41) is 13.9. The molecule has 1 fully saturated rings. The van der Waals surface area contributed by atoms with Crippen LogP contribution in [0, 0.1) is 0 Å². The van der Waals surface area contributed by atoms with Crippen LogP contribution >= 0.6 is 12.2 Å². The zero-order valence-corrected chi connectivity index (χ0v) is 18.9. The Kier molecular flexibility index (Phi) is 5.71. The number of nitrogens with one attached hydrogen (secondary N) is 1. The summed E-state index contributed by atoms with van der Waals surface area (Å²) < 4.78 is 7.77. The van der Waals surface area contributed by atoms with Crippen molar-refractivity contribution in [2.45, 2.75) is 19.0 Å². The summed E-state index contributed by atoms with van der Waals surface area (Å²) in [6, 6.07) is 24.9. The van der Waals surface area contributed by atoms with E-state index in [4.69, 9.17) is 17.0 Å². The highest BCUT2D eigenvalue weighted by molar-refractivity contribution is 7.80. The van der Waals surface area contributed by atoms with Crippen LogP contribution in [0.15, 0.2) is 91.3 Å². The van der Waals surface area contributed by atoms with Crippen molar-refractivity contribution in [2.24, 2.45) is 0 Å². The molecule has 166 valence electrons. The van der Waals surface area contributed by atoms with Crippen molar-refractivity contribution in [1.29, 1.82) is 0 Å². The maximum absolute atomic E-state index is 9.81. The molecule has 6 nitrogen and oxygen atoms in total. The zero-order chi connectivity index (χ0) is 22.8. The van der Waals surface area contributed by atoms with Gasteiger partial charge in [0.2, 0.25) is 0 Å². The molecule has 0 amide bonds. The number of hydrogen-bond donors (Lipinski definition) is 2. The number of ether oxygens (including phenoxy) is 1. The number of benzene rings is 2. The lowest BCUT2D eigenvalue weighted by Crippen LogP contribution is -2.30.